The van der Waals surface area contributed by atoms with Crippen LogP contribution in [0.25, 0.3) is 0 Å². The topological polar surface area (TPSA) is 92.4 Å². The minimum absolute atomic E-state index is 0.352. The Morgan fingerprint density at radius 1 is 1.42 bits per heavy atom. The molecule has 0 aromatic carbocycles. The van der Waals surface area contributed by atoms with Crippen molar-refractivity contribution in [2.75, 3.05) is 0 Å². The summed E-state index contributed by atoms with van der Waals surface area (Å²) in [5, 5.41) is 15.4. The number of hydrogen-bond donors (Lipinski definition) is 2. The van der Waals surface area contributed by atoms with Crippen LogP contribution in [0.3, 0.4) is 0 Å². The number of rotatable bonds is 7. The van der Waals surface area contributed by atoms with E-state index >= 15 is 0 Å². The summed E-state index contributed by atoms with van der Waals surface area (Å²) in [6.45, 7) is 5.47. The fraction of sp³-hybridized carbons (Fsp3) is 0.615. The highest BCUT2D eigenvalue weighted by molar-refractivity contribution is 5.98. The number of carbonyl (C=O) groups excluding carboxylic acids is 1. The highest BCUT2D eigenvalue weighted by Gasteiger charge is 2.24. The van der Waals surface area contributed by atoms with Gasteiger partial charge < -0.3 is 14.9 Å². The van der Waals surface area contributed by atoms with Crippen LogP contribution in [0.2, 0.25) is 0 Å². The highest BCUT2D eigenvalue weighted by Crippen LogP contribution is 2.14. The summed E-state index contributed by atoms with van der Waals surface area (Å²) in [6, 6.07) is -0.869. The predicted molar refractivity (Wildman–Crippen MR) is 69.0 cm³/mol. The van der Waals surface area contributed by atoms with Crippen LogP contribution in [0.1, 0.15) is 54.9 Å². The first kappa shape index (κ1) is 15.2. The molecule has 0 spiro atoms. The summed E-state index contributed by atoms with van der Waals surface area (Å²) in [6.07, 6.45) is 2.61. The van der Waals surface area contributed by atoms with Crippen LogP contribution in [0, 0.1) is 6.92 Å². The number of carbonyl (C=O) groups is 2. The Hall–Kier alpha value is -1.85. The number of nitrogens with zero attached hydrogens (tertiary/aromatic N) is 1. The van der Waals surface area contributed by atoms with E-state index in [1.54, 1.807) is 6.92 Å². The molecule has 106 valence electrons. The smallest absolute Gasteiger partial charge is 0.326 e. The van der Waals surface area contributed by atoms with Gasteiger partial charge in [-0.15, -0.1) is 0 Å². The van der Waals surface area contributed by atoms with Crippen LogP contribution in [0.15, 0.2) is 4.52 Å². The lowest BCUT2D eigenvalue weighted by Crippen LogP contribution is -2.41. The Balaban J connectivity index is 2.81. The molecule has 0 fully saturated rings. The van der Waals surface area contributed by atoms with Crippen molar-refractivity contribution in [3.63, 3.8) is 0 Å². The van der Waals surface area contributed by atoms with Crippen molar-refractivity contribution < 1.29 is 19.2 Å². The van der Waals surface area contributed by atoms with Gasteiger partial charge in [0.15, 0.2) is 0 Å². The number of unbranched alkanes of at least 4 members (excludes halogenated alkanes) is 1. The number of hydrogen-bond acceptors (Lipinski definition) is 4. The van der Waals surface area contributed by atoms with E-state index in [1.165, 1.54) is 0 Å². The minimum Gasteiger partial charge on any atom is -0.480 e. The van der Waals surface area contributed by atoms with Gasteiger partial charge in [-0.3, -0.25) is 4.79 Å². The molecule has 0 radical (unpaired) electrons. The van der Waals surface area contributed by atoms with E-state index in [4.69, 9.17) is 9.63 Å². The van der Waals surface area contributed by atoms with Crippen LogP contribution in [-0.4, -0.2) is 28.2 Å². The summed E-state index contributed by atoms with van der Waals surface area (Å²) in [7, 11) is 0. The molecule has 6 heteroatoms. The molecule has 0 saturated carbocycles. The summed E-state index contributed by atoms with van der Waals surface area (Å²) in [5.74, 6) is -1.04. The maximum Gasteiger partial charge on any atom is 0.326 e. The van der Waals surface area contributed by atoms with Gasteiger partial charge in [-0.1, -0.05) is 31.8 Å². The molecular weight excluding hydrogens is 248 g/mol. The van der Waals surface area contributed by atoms with Crippen LogP contribution in [0.5, 0.6) is 0 Å². The van der Waals surface area contributed by atoms with Crippen molar-refractivity contribution in [1.82, 2.24) is 10.5 Å². The summed E-state index contributed by atoms with van der Waals surface area (Å²) in [5.41, 5.74) is 0.903. The average molecular weight is 268 g/mol. The van der Waals surface area contributed by atoms with Gasteiger partial charge in [0, 0.05) is 0 Å². The quantitative estimate of drug-likeness (QED) is 0.788. The number of aryl methyl sites for hydroxylation is 2. The molecule has 2 N–H and O–H groups in total. The van der Waals surface area contributed by atoms with Gasteiger partial charge in [0.2, 0.25) is 0 Å². The normalized spacial score (nSPS) is 12.2. The monoisotopic (exact) mass is 268 g/mol. The second-order valence-electron chi connectivity index (χ2n) is 4.42. The van der Waals surface area contributed by atoms with E-state index in [-0.39, 0.29) is 0 Å². The molecule has 19 heavy (non-hydrogen) atoms. The second kappa shape index (κ2) is 6.92. The maximum absolute atomic E-state index is 12.1. The summed E-state index contributed by atoms with van der Waals surface area (Å²) in [4.78, 5) is 23.2. The predicted octanol–water partition coefficient (Wildman–Crippen LogP) is 1.92. The molecule has 1 rings (SSSR count). The molecule has 1 unspecified atom stereocenters. The SMILES string of the molecule is CCCCC(NC(=O)c1c(CC)noc1C)C(=O)O. The second-order valence-corrected chi connectivity index (χ2v) is 4.42. The van der Waals surface area contributed by atoms with Crippen LogP contribution >= 0.6 is 0 Å². The lowest BCUT2D eigenvalue weighted by Gasteiger charge is -2.13. The average Bonchev–Trinajstić information content (AvgIpc) is 2.75. The van der Waals surface area contributed by atoms with Crippen molar-refractivity contribution >= 4 is 11.9 Å². The number of aliphatic carboxylic acids is 1. The Kier molecular flexibility index (Phi) is 5.54. The third kappa shape index (κ3) is 3.81. The van der Waals surface area contributed by atoms with Crippen molar-refractivity contribution in [3.8, 4) is 0 Å². The van der Waals surface area contributed by atoms with Gasteiger partial charge in [-0.2, -0.15) is 0 Å². The third-order valence-corrected chi connectivity index (χ3v) is 2.95. The van der Waals surface area contributed by atoms with Gasteiger partial charge in [0.1, 0.15) is 17.4 Å². The molecule has 6 nitrogen and oxygen atoms in total. The number of aromatic nitrogens is 1. The van der Waals surface area contributed by atoms with Gasteiger partial charge in [0.05, 0.1) is 5.69 Å². The van der Waals surface area contributed by atoms with Crippen LogP contribution in [-0.2, 0) is 11.2 Å². The molecule has 1 atom stereocenters. The Bertz CT molecular complexity index is 453. The van der Waals surface area contributed by atoms with Crippen LogP contribution in [0.4, 0.5) is 0 Å². The van der Waals surface area contributed by atoms with E-state index in [9.17, 15) is 9.59 Å². The lowest BCUT2D eigenvalue weighted by atomic mass is 10.1. The Morgan fingerprint density at radius 3 is 2.63 bits per heavy atom. The van der Waals surface area contributed by atoms with E-state index < -0.39 is 17.9 Å². The molecule has 1 aromatic heterocycles. The van der Waals surface area contributed by atoms with Gasteiger partial charge in [-0.05, 0) is 19.8 Å². The number of amides is 1. The zero-order chi connectivity index (χ0) is 14.4. The number of carboxylic acids is 1. The zero-order valence-electron chi connectivity index (χ0n) is 11.5. The van der Waals surface area contributed by atoms with Crippen molar-refractivity contribution in [1.29, 1.82) is 0 Å². The third-order valence-electron chi connectivity index (χ3n) is 2.95. The molecular formula is C13H20N2O4. The van der Waals surface area contributed by atoms with Crippen molar-refractivity contribution in [2.24, 2.45) is 0 Å². The lowest BCUT2D eigenvalue weighted by molar-refractivity contribution is -0.139. The van der Waals surface area contributed by atoms with Gasteiger partial charge in [0.25, 0.3) is 5.91 Å². The van der Waals surface area contributed by atoms with E-state index in [1.807, 2.05) is 13.8 Å². The van der Waals surface area contributed by atoms with E-state index in [2.05, 4.69) is 10.5 Å². The molecule has 1 aromatic rings. The standard InChI is InChI=1S/C13H20N2O4/c1-4-6-7-10(13(17)18)14-12(16)11-8(3)19-15-9(11)5-2/h10H,4-7H2,1-3H3,(H,14,16)(H,17,18). The summed E-state index contributed by atoms with van der Waals surface area (Å²) >= 11 is 0. The molecule has 1 amide bonds. The van der Waals surface area contributed by atoms with Gasteiger partial charge >= 0.3 is 5.97 Å². The number of carboxylic acid groups (broad SMARTS) is 1. The first-order valence-corrected chi connectivity index (χ1v) is 6.50. The number of nitrogens with one attached hydrogen (secondary N) is 1. The minimum atomic E-state index is -1.02. The molecule has 0 aliphatic carbocycles. The maximum atomic E-state index is 12.1. The molecule has 0 bridgehead atoms. The van der Waals surface area contributed by atoms with E-state index in [0.29, 0.717) is 29.9 Å². The highest BCUT2D eigenvalue weighted by atomic mass is 16.5. The molecule has 0 aliphatic rings. The molecule has 0 saturated heterocycles. The zero-order valence-corrected chi connectivity index (χ0v) is 11.5. The van der Waals surface area contributed by atoms with Gasteiger partial charge in [-0.25, -0.2) is 4.79 Å². The fourth-order valence-corrected chi connectivity index (χ4v) is 1.85. The Labute approximate surface area is 112 Å². The first-order chi connectivity index (χ1) is 9.01. The molecule has 0 aliphatic heterocycles. The first-order valence-electron chi connectivity index (χ1n) is 6.50. The van der Waals surface area contributed by atoms with Crippen molar-refractivity contribution in [3.05, 3.63) is 17.0 Å². The van der Waals surface area contributed by atoms with E-state index in [0.717, 1.165) is 12.8 Å². The van der Waals surface area contributed by atoms with Crippen molar-refractivity contribution in [2.45, 2.75) is 52.5 Å². The summed E-state index contributed by atoms with van der Waals surface area (Å²) < 4.78 is 4.97. The fourth-order valence-electron chi connectivity index (χ4n) is 1.85. The molecule has 1 heterocycles. The Morgan fingerprint density at radius 2 is 2.11 bits per heavy atom. The largest absolute Gasteiger partial charge is 0.480 e. The van der Waals surface area contributed by atoms with Crippen LogP contribution < -0.4 is 5.32 Å².